The van der Waals surface area contributed by atoms with Gasteiger partial charge in [0, 0.05) is 11.5 Å². The summed E-state index contributed by atoms with van der Waals surface area (Å²) in [6.07, 6.45) is -4.38. The number of alkyl halides is 3. The summed E-state index contributed by atoms with van der Waals surface area (Å²) >= 11 is 0. The Morgan fingerprint density at radius 2 is 1.79 bits per heavy atom. The van der Waals surface area contributed by atoms with Crippen LogP contribution in [0.4, 0.5) is 13.2 Å². The molecule has 0 heterocycles. The summed E-state index contributed by atoms with van der Waals surface area (Å²) in [4.78, 5) is 11.7. The Kier molecular flexibility index (Phi) is 7.58. The lowest BCUT2D eigenvalue weighted by Crippen LogP contribution is -2.36. The fourth-order valence-electron chi connectivity index (χ4n) is 2.48. The van der Waals surface area contributed by atoms with Crippen LogP contribution in [0.25, 0.3) is 0 Å². The van der Waals surface area contributed by atoms with Gasteiger partial charge in [-0.3, -0.25) is 4.79 Å². The van der Waals surface area contributed by atoms with Gasteiger partial charge in [0.05, 0.1) is 18.9 Å². The number of benzene rings is 1. The topological polar surface area (TPSA) is 35.5 Å². The normalized spacial score (nSPS) is 15.5. The van der Waals surface area contributed by atoms with E-state index in [4.69, 9.17) is 9.47 Å². The summed E-state index contributed by atoms with van der Waals surface area (Å²) in [6.45, 7) is 6.49. The highest BCUT2D eigenvalue weighted by molar-refractivity contribution is 5.73. The number of esters is 1. The molecule has 1 aromatic rings. The molecule has 1 aromatic carbocycles. The Bertz CT molecular complexity index is 528. The third kappa shape index (κ3) is 5.73. The van der Waals surface area contributed by atoms with Crippen molar-refractivity contribution in [2.24, 2.45) is 11.8 Å². The van der Waals surface area contributed by atoms with Crippen LogP contribution in [-0.2, 0) is 16.0 Å². The predicted octanol–water partition coefficient (Wildman–Crippen LogP) is 4.78. The SMILES string of the molecule is CCOC(=O)Cc1ccccc1O[C@H](CC)[C@@H](C)C(C)C(F)(F)F. The lowest BCUT2D eigenvalue weighted by atomic mass is 9.88. The number of rotatable bonds is 8. The molecule has 0 saturated heterocycles. The van der Waals surface area contributed by atoms with Crippen LogP contribution >= 0.6 is 0 Å². The van der Waals surface area contributed by atoms with Gasteiger partial charge in [0.25, 0.3) is 0 Å². The van der Waals surface area contributed by atoms with Crippen LogP contribution in [0.1, 0.15) is 39.7 Å². The average Bonchev–Trinajstić information content (AvgIpc) is 2.52. The van der Waals surface area contributed by atoms with Crippen LogP contribution in [0.15, 0.2) is 24.3 Å². The predicted molar refractivity (Wildman–Crippen MR) is 85.9 cm³/mol. The lowest BCUT2D eigenvalue weighted by Gasteiger charge is -2.30. The van der Waals surface area contributed by atoms with Crippen LogP contribution < -0.4 is 4.74 Å². The van der Waals surface area contributed by atoms with Crippen LogP contribution in [0.5, 0.6) is 5.75 Å². The molecule has 24 heavy (non-hydrogen) atoms. The molecule has 0 saturated carbocycles. The van der Waals surface area contributed by atoms with E-state index in [9.17, 15) is 18.0 Å². The van der Waals surface area contributed by atoms with E-state index >= 15 is 0 Å². The first-order chi connectivity index (χ1) is 11.2. The summed E-state index contributed by atoms with van der Waals surface area (Å²) in [5, 5.41) is 0. The second-order valence-electron chi connectivity index (χ2n) is 5.84. The number of carbonyl (C=O) groups is 1. The highest BCUT2D eigenvalue weighted by atomic mass is 19.4. The van der Waals surface area contributed by atoms with Crippen LogP contribution in [-0.4, -0.2) is 24.9 Å². The summed E-state index contributed by atoms with van der Waals surface area (Å²) in [5.41, 5.74) is 0.612. The van der Waals surface area contributed by atoms with Gasteiger partial charge in [-0.2, -0.15) is 13.2 Å². The molecular formula is C18H25F3O3. The number of carbonyl (C=O) groups excluding carboxylic acids is 1. The van der Waals surface area contributed by atoms with Crippen molar-refractivity contribution in [3.05, 3.63) is 29.8 Å². The minimum atomic E-state index is -4.26. The Morgan fingerprint density at radius 3 is 2.33 bits per heavy atom. The lowest BCUT2D eigenvalue weighted by molar-refractivity contribution is -0.189. The van der Waals surface area contributed by atoms with Crippen molar-refractivity contribution >= 4 is 5.97 Å². The first-order valence-corrected chi connectivity index (χ1v) is 8.17. The summed E-state index contributed by atoms with van der Waals surface area (Å²) < 4.78 is 49.6. The molecule has 0 N–H and O–H groups in total. The molecule has 0 radical (unpaired) electrons. The van der Waals surface area contributed by atoms with Crippen molar-refractivity contribution in [2.75, 3.05) is 6.61 Å². The summed E-state index contributed by atoms with van der Waals surface area (Å²) in [7, 11) is 0. The van der Waals surface area contributed by atoms with E-state index in [-0.39, 0.29) is 13.0 Å². The van der Waals surface area contributed by atoms with Crippen LogP contribution in [0.2, 0.25) is 0 Å². The summed E-state index contributed by atoms with van der Waals surface area (Å²) in [6, 6.07) is 6.87. The van der Waals surface area contributed by atoms with Gasteiger partial charge in [-0.05, 0) is 19.4 Å². The maximum atomic E-state index is 13.0. The Hall–Kier alpha value is -1.72. The second kappa shape index (κ2) is 8.94. The van der Waals surface area contributed by atoms with Crippen molar-refractivity contribution in [1.82, 2.24) is 0 Å². The average molecular weight is 346 g/mol. The van der Waals surface area contributed by atoms with Crippen molar-refractivity contribution in [3.8, 4) is 5.75 Å². The number of ether oxygens (including phenoxy) is 2. The first kappa shape index (κ1) is 20.3. The molecule has 0 spiro atoms. The molecule has 3 nitrogen and oxygen atoms in total. The van der Waals surface area contributed by atoms with E-state index < -0.39 is 30.1 Å². The zero-order chi connectivity index (χ0) is 18.3. The van der Waals surface area contributed by atoms with Gasteiger partial charge in [0.2, 0.25) is 0 Å². The fourth-order valence-corrected chi connectivity index (χ4v) is 2.48. The molecule has 0 aromatic heterocycles. The maximum absolute atomic E-state index is 13.0. The van der Waals surface area contributed by atoms with Crippen molar-refractivity contribution in [1.29, 1.82) is 0 Å². The molecule has 6 heteroatoms. The van der Waals surface area contributed by atoms with Gasteiger partial charge in [-0.1, -0.05) is 39.0 Å². The molecule has 1 rings (SSSR count). The zero-order valence-corrected chi connectivity index (χ0v) is 14.5. The molecule has 1 unspecified atom stereocenters. The van der Waals surface area contributed by atoms with E-state index in [1.807, 2.05) is 0 Å². The number of hydrogen-bond acceptors (Lipinski definition) is 3. The van der Waals surface area contributed by atoms with Gasteiger partial charge in [-0.25, -0.2) is 0 Å². The molecule has 0 aliphatic carbocycles. The third-order valence-corrected chi connectivity index (χ3v) is 4.18. The summed E-state index contributed by atoms with van der Waals surface area (Å²) in [5.74, 6) is -2.14. The molecular weight excluding hydrogens is 321 g/mol. The minimum Gasteiger partial charge on any atom is -0.490 e. The zero-order valence-electron chi connectivity index (χ0n) is 14.5. The van der Waals surface area contributed by atoms with Gasteiger partial charge in [0.1, 0.15) is 11.9 Å². The second-order valence-corrected chi connectivity index (χ2v) is 5.84. The number of hydrogen-bond donors (Lipinski definition) is 0. The standard InChI is InChI=1S/C18H25F3O3/c1-5-15(12(3)13(4)18(19,20)21)24-16-10-8-7-9-14(16)11-17(22)23-6-2/h7-10,12-13,15H,5-6,11H2,1-4H3/t12-,13?,15+/m0/s1. The fraction of sp³-hybridized carbons (Fsp3) is 0.611. The van der Waals surface area contributed by atoms with Crippen molar-refractivity contribution in [2.45, 2.75) is 52.8 Å². The van der Waals surface area contributed by atoms with Gasteiger partial charge < -0.3 is 9.47 Å². The Morgan fingerprint density at radius 1 is 1.17 bits per heavy atom. The minimum absolute atomic E-state index is 0.0314. The van der Waals surface area contributed by atoms with Crippen LogP contribution in [0, 0.1) is 11.8 Å². The monoisotopic (exact) mass is 346 g/mol. The highest BCUT2D eigenvalue weighted by Crippen LogP contribution is 2.35. The largest absolute Gasteiger partial charge is 0.490 e. The van der Waals surface area contributed by atoms with Crippen molar-refractivity contribution < 1.29 is 27.4 Å². The molecule has 0 fully saturated rings. The number of para-hydroxylation sites is 1. The molecule has 0 bridgehead atoms. The molecule has 0 amide bonds. The van der Waals surface area contributed by atoms with Crippen LogP contribution in [0.3, 0.4) is 0 Å². The van der Waals surface area contributed by atoms with E-state index in [2.05, 4.69) is 0 Å². The third-order valence-electron chi connectivity index (χ3n) is 4.18. The van der Waals surface area contributed by atoms with E-state index in [0.29, 0.717) is 17.7 Å². The molecule has 3 atom stereocenters. The maximum Gasteiger partial charge on any atom is 0.391 e. The van der Waals surface area contributed by atoms with Gasteiger partial charge >= 0.3 is 12.1 Å². The van der Waals surface area contributed by atoms with E-state index in [1.165, 1.54) is 6.92 Å². The molecule has 136 valence electrons. The Balaban J connectivity index is 2.91. The first-order valence-electron chi connectivity index (χ1n) is 8.17. The molecule has 0 aliphatic rings. The quantitative estimate of drug-likeness (QED) is 0.635. The smallest absolute Gasteiger partial charge is 0.391 e. The van der Waals surface area contributed by atoms with Gasteiger partial charge in [-0.15, -0.1) is 0 Å². The van der Waals surface area contributed by atoms with Crippen molar-refractivity contribution in [3.63, 3.8) is 0 Å². The van der Waals surface area contributed by atoms with E-state index in [0.717, 1.165) is 0 Å². The van der Waals surface area contributed by atoms with Gasteiger partial charge in [0.15, 0.2) is 0 Å². The number of halogens is 3. The highest BCUT2D eigenvalue weighted by Gasteiger charge is 2.42. The Labute approximate surface area is 141 Å². The molecule has 0 aliphatic heterocycles. The van der Waals surface area contributed by atoms with E-state index in [1.54, 1.807) is 45.0 Å².